The van der Waals surface area contributed by atoms with Crippen LogP contribution in [-0.4, -0.2) is 49.4 Å². The summed E-state index contributed by atoms with van der Waals surface area (Å²) < 4.78 is 21.1. The number of rotatable bonds is 7. The molecule has 0 aromatic rings. The van der Waals surface area contributed by atoms with Crippen molar-refractivity contribution < 1.29 is 33.6 Å². The molecular weight excluding hydrogens is 496 g/mol. The third-order valence-electron chi connectivity index (χ3n) is 11.3. The zero-order chi connectivity index (χ0) is 28.8. The highest BCUT2D eigenvalue weighted by molar-refractivity contribution is 5.61. The van der Waals surface area contributed by atoms with Crippen molar-refractivity contribution in [1.29, 1.82) is 0 Å². The van der Waals surface area contributed by atoms with Crippen molar-refractivity contribution in [2.75, 3.05) is 14.2 Å². The number of aliphatic hydroxyl groups is 1. The van der Waals surface area contributed by atoms with Gasteiger partial charge in [-0.1, -0.05) is 51.0 Å². The molecule has 0 spiro atoms. The Balaban J connectivity index is 1.60. The van der Waals surface area contributed by atoms with E-state index < -0.39 is 30.1 Å². The van der Waals surface area contributed by atoms with Crippen LogP contribution in [0.1, 0.15) is 92.9 Å². The number of carbonyl (C=O) groups is 2. The fourth-order valence-corrected chi connectivity index (χ4v) is 8.76. The number of hydrogen-bond acceptors (Lipinski definition) is 7. The molecule has 0 aromatic heterocycles. The molecule has 4 aliphatic carbocycles. The van der Waals surface area contributed by atoms with Crippen molar-refractivity contribution >= 4 is 12.3 Å². The Labute approximate surface area is 234 Å². The van der Waals surface area contributed by atoms with Gasteiger partial charge in [0.25, 0.3) is 0 Å². The summed E-state index contributed by atoms with van der Waals surface area (Å²) in [6.07, 6.45) is 9.72. The number of carbonyl (C=O) groups excluding carboxylic acids is 2. The maximum absolute atomic E-state index is 12.3. The summed E-state index contributed by atoms with van der Waals surface area (Å²) in [6, 6.07) is 0. The Bertz CT molecular complexity index is 993. The smallest absolute Gasteiger partial charge is 0.438 e. The lowest BCUT2D eigenvalue weighted by Crippen LogP contribution is -2.54. The first-order valence-electron chi connectivity index (χ1n) is 14.9. The molecule has 9 atom stereocenters. The normalized spacial score (nSPS) is 37.2. The van der Waals surface area contributed by atoms with E-state index in [9.17, 15) is 14.7 Å². The molecule has 7 heteroatoms. The molecule has 0 aliphatic heterocycles. The third kappa shape index (κ3) is 5.62. The van der Waals surface area contributed by atoms with Crippen LogP contribution < -0.4 is 0 Å². The van der Waals surface area contributed by atoms with Gasteiger partial charge in [-0.2, -0.15) is 0 Å². The van der Waals surface area contributed by atoms with Gasteiger partial charge in [0.2, 0.25) is 0 Å². The lowest BCUT2D eigenvalue weighted by Gasteiger charge is -2.57. The molecule has 220 valence electrons. The highest BCUT2D eigenvalue weighted by atomic mass is 16.7. The fourth-order valence-electron chi connectivity index (χ4n) is 8.76. The fraction of sp³-hybridized carbons (Fsp3) is 0.812. The van der Waals surface area contributed by atoms with Gasteiger partial charge in [-0.25, -0.2) is 9.59 Å². The molecule has 4 rings (SSSR count). The van der Waals surface area contributed by atoms with Gasteiger partial charge in [0.05, 0.1) is 19.8 Å². The van der Waals surface area contributed by atoms with E-state index >= 15 is 0 Å². The van der Waals surface area contributed by atoms with Gasteiger partial charge in [-0.05, 0) is 87.4 Å². The molecule has 4 aliphatic rings. The highest BCUT2D eigenvalue weighted by Crippen LogP contribution is 2.66. The molecule has 0 bridgehead atoms. The van der Waals surface area contributed by atoms with Gasteiger partial charge in [-0.15, -0.1) is 0 Å². The number of allylic oxidation sites excluding steroid dienone is 3. The van der Waals surface area contributed by atoms with Gasteiger partial charge in [0.15, 0.2) is 0 Å². The molecule has 0 saturated heterocycles. The molecule has 0 unspecified atom stereocenters. The van der Waals surface area contributed by atoms with E-state index in [1.54, 1.807) is 0 Å². The third-order valence-corrected chi connectivity index (χ3v) is 11.3. The van der Waals surface area contributed by atoms with E-state index in [1.807, 2.05) is 13.8 Å². The molecule has 0 aromatic carbocycles. The van der Waals surface area contributed by atoms with Gasteiger partial charge in [0.1, 0.15) is 12.2 Å². The summed E-state index contributed by atoms with van der Waals surface area (Å²) in [4.78, 5) is 24.2. The lowest BCUT2D eigenvalue weighted by atomic mass is 9.49. The van der Waals surface area contributed by atoms with Crippen LogP contribution in [0.3, 0.4) is 0 Å². The van der Waals surface area contributed by atoms with Crippen LogP contribution in [0.4, 0.5) is 9.59 Å². The number of hydrogen-bond donors (Lipinski definition) is 1. The Hall–Kier alpha value is -2.02. The summed E-state index contributed by atoms with van der Waals surface area (Å²) in [7, 11) is 2.63. The zero-order valence-corrected chi connectivity index (χ0v) is 25.2. The summed E-state index contributed by atoms with van der Waals surface area (Å²) in [5, 5.41) is 10.3. The number of fused-ring (bicyclic) bond motifs is 5. The van der Waals surface area contributed by atoms with Crippen LogP contribution in [0.5, 0.6) is 0 Å². The number of methoxy groups -OCH3 is 2. The van der Waals surface area contributed by atoms with E-state index in [1.165, 1.54) is 32.6 Å². The second-order valence-corrected chi connectivity index (χ2v) is 13.9. The summed E-state index contributed by atoms with van der Waals surface area (Å²) in [5.41, 5.74) is 1.90. The summed E-state index contributed by atoms with van der Waals surface area (Å²) >= 11 is 0. The molecule has 0 amide bonds. The summed E-state index contributed by atoms with van der Waals surface area (Å²) in [6.45, 7) is 13.3. The van der Waals surface area contributed by atoms with Crippen LogP contribution >= 0.6 is 0 Å². The minimum Gasteiger partial charge on any atom is -0.438 e. The average molecular weight is 547 g/mol. The zero-order valence-electron chi connectivity index (χ0n) is 25.2. The molecule has 0 heterocycles. The van der Waals surface area contributed by atoms with Crippen molar-refractivity contribution in [1.82, 2.24) is 0 Å². The van der Waals surface area contributed by atoms with Crippen LogP contribution in [0.15, 0.2) is 23.3 Å². The van der Waals surface area contributed by atoms with Crippen molar-refractivity contribution in [2.24, 2.45) is 40.4 Å². The van der Waals surface area contributed by atoms with Gasteiger partial charge in [-0.3, -0.25) is 0 Å². The maximum Gasteiger partial charge on any atom is 0.508 e. The first-order valence-corrected chi connectivity index (χ1v) is 14.9. The largest absolute Gasteiger partial charge is 0.508 e. The van der Waals surface area contributed by atoms with E-state index in [0.717, 1.165) is 31.3 Å². The highest BCUT2D eigenvalue weighted by Gasteiger charge is 2.60. The van der Waals surface area contributed by atoms with Crippen LogP contribution in [-0.2, 0) is 18.9 Å². The second-order valence-electron chi connectivity index (χ2n) is 13.9. The molecular formula is C32H50O7. The van der Waals surface area contributed by atoms with E-state index in [-0.39, 0.29) is 16.7 Å². The van der Waals surface area contributed by atoms with Crippen molar-refractivity contribution in [3.05, 3.63) is 23.3 Å². The predicted octanol–water partition coefficient (Wildman–Crippen LogP) is 7.22. The van der Waals surface area contributed by atoms with Crippen molar-refractivity contribution in [3.63, 3.8) is 0 Å². The monoisotopic (exact) mass is 546 g/mol. The van der Waals surface area contributed by atoms with Gasteiger partial charge in [0, 0.05) is 18.3 Å². The molecule has 3 fully saturated rings. The minimum absolute atomic E-state index is 0.232. The van der Waals surface area contributed by atoms with Crippen LogP contribution in [0, 0.1) is 40.4 Å². The molecule has 39 heavy (non-hydrogen) atoms. The van der Waals surface area contributed by atoms with E-state index in [0.29, 0.717) is 36.5 Å². The Morgan fingerprint density at radius 1 is 1.03 bits per heavy atom. The van der Waals surface area contributed by atoms with Gasteiger partial charge < -0.3 is 24.1 Å². The average Bonchev–Trinajstić information content (AvgIpc) is 3.24. The molecule has 0 radical (unpaired) electrons. The molecule has 3 saturated carbocycles. The Morgan fingerprint density at radius 3 is 2.33 bits per heavy atom. The molecule has 7 nitrogen and oxygen atoms in total. The quantitative estimate of drug-likeness (QED) is 0.337. The van der Waals surface area contributed by atoms with Crippen molar-refractivity contribution in [3.8, 4) is 0 Å². The first kappa shape index (κ1) is 30.0. The minimum atomic E-state index is -0.718. The van der Waals surface area contributed by atoms with Gasteiger partial charge >= 0.3 is 12.3 Å². The lowest BCUT2D eigenvalue weighted by molar-refractivity contribution is -0.0835. The molecule has 1 N–H and O–H groups in total. The Kier molecular flexibility index (Phi) is 8.52. The van der Waals surface area contributed by atoms with Crippen LogP contribution in [0.25, 0.3) is 0 Å². The maximum atomic E-state index is 12.3. The SMILES string of the molecule is COC(=O)O[C@@H]1CC2=CC=C3[C@@H]4CC[C@H]([C@H](C)[C@H](C)CCC(C)(C)O)[C@@]4(C)CC[C@@H]3[C@@]2(C)[C@@H](OC(=O)OC)C1. The topological polar surface area (TPSA) is 91.3 Å². The standard InChI is InChI=1S/C32H50O7/c1-19(13-15-30(3,4)35)20(2)24-11-12-25-23-10-9-21-17-22(38-28(33)36-7)18-27(39-29(34)37-8)32(21,6)26(23)14-16-31(24,25)5/h9-10,19-20,22,24-27,35H,11-18H2,1-8H3/t19-,20-,22-,24-,25+,26+,27+,31-,32+/m1/s1. The van der Waals surface area contributed by atoms with E-state index in [2.05, 4.69) is 39.8 Å². The predicted molar refractivity (Wildman–Crippen MR) is 149 cm³/mol. The van der Waals surface area contributed by atoms with E-state index in [4.69, 9.17) is 18.9 Å². The summed E-state index contributed by atoms with van der Waals surface area (Å²) in [5.74, 6) is 2.56. The second kappa shape index (κ2) is 11.1. The van der Waals surface area contributed by atoms with Crippen LogP contribution in [0.2, 0.25) is 0 Å². The Morgan fingerprint density at radius 2 is 1.69 bits per heavy atom. The first-order chi connectivity index (χ1) is 18.2. The van der Waals surface area contributed by atoms with Crippen molar-refractivity contribution in [2.45, 2.75) is 111 Å². The number of ether oxygens (including phenoxy) is 4.